The number of halogens is 1. The van der Waals surface area contributed by atoms with E-state index < -0.39 is 0 Å². The molecule has 2 rings (SSSR count). The van der Waals surface area contributed by atoms with Crippen LogP contribution in [0.3, 0.4) is 0 Å². The second kappa shape index (κ2) is 11.7. The SMILES string of the molecule is CN=C(NCCc1ccc(N(C)C)cc1)N(C)Cc1ccc(OC)cc1.I. The Kier molecular flexibility index (Phi) is 9.99. The summed E-state index contributed by atoms with van der Waals surface area (Å²) in [6.45, 7) is 1.64. The highest BCUT2D eigenvalue weighted by Gasteiger charge is 2.07. The molecule has 148 valence electrons. The zero-order valence-corrected chi connectivity index (χ0v) is 19.2. The van der Waals surface area contributed by atoms with E-state index in [0.717, 1.165) is 31.2 Å². The number of benzene rings is 2. The van der Waals surface area contributed by atoms with Crippen molar-refractivity contribution in [3.63, 3.8) is 0 Å². The predicted octanol–water partition coefficient (Wildman–Crippen LogP) is 3.63. The van der Waals surface area contributed by atoms with Crippen molar-refractivity contribution >= 4 is 35.6 Å². The molecule has 0 aliphatic rings. The summed E-state index contributed by atoms with van der Waals surface area (Å²) in [6, 6.07) is 16.8. The van der Waals surface area contributed by atoms with Crippen molar-refractivity contribution in [3.8, 4) is 5.75 Å². The van der Waals surface area contributed by atoms with Crippen LogP contribution in [0.1, 0.15) is 11.1 Å². The van der Waals surface area contributed by atoms with E-state index >= 15 is 0 Å². The summed E-state index contributed by atoms with van der Waals surface area (Å²) in [5, 5.41) is 3.44. The summed E-state index contributed by atoms with van der Waals surface area (Å²) < 4.78 is 5.21. The van der Waals surface area contributed by atoms with Crippen LogP contribution in [0, 0.1) is 0 Å². The average Bonchev–Trinajstić information content (AvgIpc) is 2.66. The highest BCUT2D eigenvalue weighted by molar-refractivity contribution is 14.0. The third-order valence-electron chi connectivity index (χ3n) is 4.30. The highest BCUT2D eigenvalue weighted by atomic mass is 127. The molecule has 6 heteroatoms. The lowest BCUT2D eigenvalue weighted by molar-refractivity contribution is 0.414. The fraction of sp³-hybridized carbons (Fsp3) is 0.381. The van der Waals surface area contributed by atoms with Crippen LogP contribution in [0.25, 0.3) is 0 Å². The van der Waals surface area contributed by atoms with Crippen LogP contribution in [0.2, 0.25) is 0 Å². The molecule has 2 aromatic rings. The standard InChI is InChI=1S/C21H30N4O.HI/c1-22-21(25(4)16-18-8-12-20(26-5)13-9-18)23-15-14-17-6-10-19(11-7-17)24(2)3;/h6-13H,14-16H2,1-5H3,(H,22,23);1H. The molecule has 0 spiro atoms. The molecule has 0 aliphatic carbocycles. The van der Waals surface area contributed by atoms with Gasteiger partial charge in [-0.1, -0.05) is 24.3 Å². The number of anilines is 1. The molecular formula is C21H31IN4O. The first kappa shape index (κ1) is 23.1. The van der Waals surface area contributed by atoms with E-state index in [1.807, 2.05) is 26.2 Å². The van der Waals surface area contributed by atoms with Crippen molar-refractivity contribution < 1.29 is 4.74 Å². The molecule has 0 radical (unpaired) electrons. The van der Waals surface area contributed by atoms with Crippen LogP contribution in [0.4, 0.5) is 5.69 Å². The smallest absolute Gasteiger partial charge is 0.193 e. The van der Waals surface area contributed by atoms with E-state index in [1.165, 1.54) is 16.8 Å². The number of nitrogens with one attached hydrogen (secondary N) is 1. The van der Waals surface area contributed by atoms with Crippen LogP contribution >= 0.6 is 24.0 Å². The van der Waals surface area contributed by atoms with E-state index in [9.17, 15) is 0 Å². The molecule has 0 amide bonds. The van der Waals surface area contributed by atoms with Gasteiger partial charge in [-0.05, 0) is 41.8 Å². The van der Waals surface area contributed by atoms with E-state index in [4.69, 9.17) is 4.74 Å². The molecule has 0 bridgehead atoms. The second-order valence-electron chi connectivity index (χ2n) is 6.49. The summed E-state index contributed by atoms with van der Waals surface area (Å²) >= 11 is 0. The Bertz CT molecular complexity index is 699. The third kappa shape index (κ3) is 7.28. The van der Waals surface area contributed by atoms with Crippen LogP contribution in [0.15, 0.2) is 53.5 Å². The second-order valence-corrected chi connectivity index (χ2v) is 6.49. The van der Waals surface area contributed by atoms with Crippen molar-refractivity contribution in [2.24, 2.45) is 4.99 Å². The topological polar surface area (TPSA) is 40.1 Å². The number of ether oxygens (including phenoxy) is 1. The summed E-state index contributed by atoms with van der Waals surface area (Å²) in [5.74, 6) is 1.77. The molecule has 0 saturated heterocycles. The molecule has 0 fully saturated rings. The Labute approximate surface area is 180 Å². The van der Waals surface area contributed by atoms with Crippen molar-refractivity contribution in [1.29, 1.82) is 0 Å². The van der Waals surface area contributed by atoms with Crippen LogP contribution < -0.4 is 15.0 Å². The van der Waals surface area contributed by atoms with Gasteiger partial charge in [-0.2, -0.15) is 0 Å². The normalized spacial score (nSPS) is 10.8. The molecule has 0 saturated carbocycles. The molecule has 0 atom stereocenters. The maximum atomic E-state index is 5.21. The first-order valence-corrected chi connectivity index (χ1v) is 8.84. The maximum absolute atomic E-state index is 5.21. The number of nitrogens with zero attached hydrogens (tertiary/aromatic N) is 3. The Morgan fingerprint density at radius 1 is 0.963 bits per heavy atom. The van der Waals surface area contributed by atoms with Gasteiger partial charge in [0.15, 0.2) is 5.96 Å². The molecule has 1 N–H and O–H groups in total. The molecule has 0 aromatic heterocycles. The van der Waals surface area contributed by atoms with E-state index in [-0.39, 0.29) is 24.0 Å². The Hall–Kier alpha value is -1.96. The van der Waals surface area contributed by atoms with Gasteiger partial charge in [-0.15, -0.1) is 24.0 Å². The summed E-state index contributed by atoms with van der Waals surface area (Å²) in [6.07, 6.45) is 0.961. The molecule has 0 heterocycles. The zero-order chi connectivity index (χ0) is 18.9. The van der Waals surface area contributed by atoms with Gasteiger partial charge in [-0.3, -0.25) is 4.99 Å². The Balaban J connectivity index is 0.00000364. The summed E-state index contributed by atoms with van der Waals surface area (Å²) in [4.78, 5) is 8.62. The lowest BCUT2D eigenvalue weighted by atomic mass is 10.1. The maximum Gasteiger partial charge on any atom is 0.193 e. The number of guanidine groups is 1. The van der Waals surface area contributed by atoms with Gasteiger partial charge in [0.1, 0.15) is 5.75 Å². The van der Waals surface area contributed by atoms with Crippen molar-refractivity contribution in [1.82, 2.24) is 10.2 Å². The van der Waals surface area contributed by atoms with E-state index in [1.54, 1.807) is 7.11 Å². The minimum absolute atomic E-state index is 0. The summed E-state index contributed by atoms with van der Waals surface area (Å²) in [7, 11) is 9.66. The molecule has 2 aromatic carbocycles. The Morgan fingerprint density at radius 2 is 1.56 bits per heavy atom. The first-order valence-electron chi connectivity index (χ1n) is 8.84. The summed E-state index contributed by atoms with van der Waals surface area (Å²) in [5.41, 5.74) is 3.75. The van der Waals surface area contributed by atoms with Gasteiger partial charge in [-0.25, -0.2) is 0 Å². The largest absolute Gasteiger partial charge is 0.497 e. The third-order valence-corrected chi connectivity index (χ3v) is 4.30. The lowest BCUT2D eigenvalue weighted by Gasteiger charge is -2.22. The van der Waals surface area contributed by atoms with Crippen LogP contribution in [-0.2, 0) is 13.0 Å². The first-order chi connectivity index (χ1) is 12.5. The molecule has 5 nitrogen and oxygen atoms in total. The fourth-order valence-electron chi connectivity index (χ4n) is 2.74. The number of hydrogen-bond donors (Lipinski definition) is 1. The van der Waals surface area contributed by atoms with Gasteiger partial charge in [0.25, 0.3) is 0 Å². The molecular weight excluding hydrogens is 451 g/mol. The Morgan fingerprint density at radius 3 is 2.07 bits per heavy atom. The van der Waals surface area contributed by atoms with Crippen LogP contribution in [-0.4, -0.2) is 52.7 Å². The van der Waals surface area contributed by atoms with Gasteiger partial charge < -0.3 is 19.9 Å². The van der Waals surface area contributed by atoms with Gasteiger partial charge in [0.2, 0.25) is 0 Å². The molecule has 0 unspecified atom stereocenters. The van der Waals surface area contributed by atoms with E-state index in [2.05, 4.69) is 70.6 Å². The van der Waals surface area contributed by atoms with Crippen molar-refractivity contribution in [2.45, 2.75) is 13.0 Å². The van der Waals surface area contributed by atoms with Gasteiger partial charge >= 0.3 is 0 Å². The van der Waals surface area contributed by atoms with Crippen molar-refractivity contribution in [3.05, 3.63) is 59.7 Å². The number of aliphatic imine (C=N–C) groups is 1. The van der Waals surface area contributed by atoms with Crippen LogP contribution in [0.5, 0.6) is 5.75 Å². The number of hydrogen-bond acceptors (Lipinski definition) is 3. The number of methoxy groups -OCH3 is 1. The average molecular weight is 482 g/mol. The zero-order valence-electron chi connectivity index (χ0n) is 16.9. The van der Waals surface area contributed by atoms with Gasteiger partial charge in [0.05, 0.1) is 7.11 Å². The molecule has 0 aliphatic heterocycles. The van der Waals surface area contributed by atoms with Gasteiger partial charge in [0, 0.05) is 47.0 Å². The fourth-order valence-corrected chi connectivity index (χ4v) is 2.74. The minimum Gasteiger partial charge on any atom is -0.497 e. The number of rotatable bonds is 7. The van der Waals surface area contributed by atoms with Crippen molar-refractivity contribution in [2.75, 3.05) is 46.7 Å². The predicted molar refractivity (Wildman–Crippen MR) is 126 cm³/mol. The monoisotopic (exact) mass is 482 g/mol. The quantitative estimate of drug-likeness (QED) is 0.372. The lowest BCUT2D eigenvalue weighted by Crippen LogP contribution is -2.39. The van der Waals surface area contributed by atoms with E-state index in [0.29, 0.717) is 0 Å². The minimum atomic E-state index is 0. The highest BCUT2D eigenvalue weighted by Crippen LogP contribution is 2.13. The molecule has 27 heavy (non-hydrogen) atoms.